The van der Waals surface area contributed by atoms with E-state index in [9.17, 15) is 9.18 Å². The van der Waals surface area contributed by atoms with E-state index in [1.165, 1.54) is 18.2 Å². The lowest BCUT2D eigenvalue weighted by Gasteiger charge is -2.22. The molecule has 31 heavy (non-hydrogen) atoms. The minimum Gasteiger partial charge on any atom is -0.359 e. The number of anilines is 1. The predicted molar refractivity (Wildman–Crippen MR) is 119 cm³/mol. The molecular weight excluding hydrogens is 398 g/mol. The van der Waals surface area contributed by atoms with Crippen LogP contribution >= 0.6 is 0 Å². The highest BCUT2D eigenvalue weighted by Gasteiger charge is 2.20. The number of nitrogens with one attached hydrogen (secondary N) is 2. The van der Waals surface area contributed by atoms with Crippen LogP contribution in [0.1, 0.15) is 22.3 Å². The number of H-pyrrole nitrogens is 1. The van der Waals surface area contributed by atoms with Gasteiger partial charge >= 0.3 is 0 Å². The molecule has 0 atom stereocenters. The van der Waals surface area contributed by atoms with Crippen molar-refractivity contribution in [3.05, 3.63) is 71.6 Å². The average Bonchev–Trinajstić information content (AvgIpc) is 3.28. The summed E-state index contributed by atoms with van der Waals surface area (Å²) in [5, 5.41) is 3.95. The molecule has 0 fully saturated rings. The van der Waals surface area contributed by atoms with E-state index in [2.05, 4.69) is 21.3 Å². The van der Waals surface area contributed by atoms with Crippen LogP contribution in [0.25, 0.3) is 27.4 Å². The van der Waals surface area contributed by atoms with Crippen molar-refractivity contribution in [3.8, 4) is 0 Å². The van der Waals surface area contributed by atoms with Gasteiger partial charge in [-0.1, -0.05) is 6.08 Å². The molecule has 1 aliphatic heterocycles. The first-order valence-electron chi connectivity index (χ1n) is 10.2. The Hall–Kier alpha value is -3.45. The molecule has 0 aliphatic carbocycles. The molecule has 5 rings (SSSR count). The van der Waals surface area contributed by atoms with Crippen LogP contribution in [0.3, 0.4) is 0 Å². The highest BCUT2D eigenvalue weighted by Crippen LogP contribution is 2.31. The van der Waals surface area contributed by atoms with Crippen LogP contribution in [0.4, 0.5) is 14.5 Å². The topological polar surface area (TPSA) is 53.1 Å². The summed E-state index contributed by atoms with van der Waals surface area (Å²) in [7, 11) is 3.88. The molecule has 4 aromatic rings. The molecule has 1 amide bonds. The van der Waals surface area contributed by atoms with Gasteiger partial charge in [-0.15, -0.1) is 0 Å². The first kappa shape index (κ1) is 19.5. The van der Waals surface area contributed by atoms with Gasteiger partial charge in [0, 0.05) is 59.9 Å². The van der Waals surface area contributed by atoms with Crippen molar-refractivity contribution in [3.63, 3.8) is 0 Å². The third-order valence-electron chi connectivity index (χ3n) is 5.97. The number of carbonyl (C=O) groups is 1. The fourth-order valence-electron chi connectivity index (χ4n) is 4.23. The molecule has 0 spiro atoms. The summed E-state index contributed by atoms with van der Waals surface area (Å²) < 4.78 is 30.5. The summed E-state index contributed by atoms with van der Waals surface area (Å²) in [6.45, 7) is 1.67. The third kappa shape index (κ3) is 3.41. The predicted octanol–water partition coefficient (Wildman–Crippen LogP) is 4.91. The van der Waals surface area contributed by atoms with Gasteiger partial charge in [0.25, 0.3) is 5.91 Å². The van der Waals surface area contributed by atoms with E-state index in [1.54, 1.807) is 18.5 Å². The zero-order chi connectivity index (χ0) is 21.7. The van der Waals surface area contributed by atoms with Gasteiger partial charge in [-0.2, -0.15) is 0 Å². The van der Waals surface area contributed by atoms with Gasteiger partial charge in [0.05, 0.1) is 11.3 Å². The maximum Gasteiger partial charge on any atom is 0.257 e. The molecule has 1 aliphatic rings. The van der Waals surface area contributed by atoms with Crippen LogP contribution < -0.4 is 5.32 Å². The first-order chi connectivity index (χ1) is 14.9. The minimum atomic E-state index is -0.384. The summed E-state index contributed by atoms with van der Waals surface area (Å²) in [5.41, 5.74) is 3.92. The summed E-state index contributed by atoms with van der Waals surface area (Å²) in [5.74, 6) is -1.09. The van der Waals surface area contributed by atoms with Gasteiger partial charge in [-0.05, 0) is 49.4 Å². The molecule has 7 heteroatoms. The molecule has 2 N–H and O–H groups in total. The summed E-state index contributed by atoms with van der Waals surface area (Å²) in [6, 6.07) is 7.60. The Balaban J connectivity index is 1.52. The van der Waals surface area contributed by atoms with Gasteiger partial charge in [-0.3, -0.25) is 4.79 Å². The number of halogens is 2. The van der Waals surface area contributed by atoms with E-state index >= 15 is 4.39 Å². The average molecular weight is 420 g/mol. The number of amides is 1. The van der Waals surface area contributed by atoms with Gasteiger partial charge in [0.2, 0.25) is 0 Å². The van der Waals surface area contributed by atoms with Crippen molar-refractivity contribution >= 4 is 39.0 Å². The number of aromatic amines is 1. The standard InChI is InChI=1S/C24H22F2N4O/c1-29-7-5-14(6-8-29)16-11-23-17(10-20(16)26)19(13-30(23)2)24(31)28-22-12-27-21-4-3-15(25)9-18(21)22/h3-5,9-13,27H,6-8H2,1-2H3,(H,28,31). The Bertz CT molecular complexity index is 1370. The van der Waals surface area contributed by atoms with Crippen molar-refractivity contribution < 1.29 is 13.6 Å². The fraction of sp³-hybridized carbons (Fsp3) is 0.208. The van der Waals surface area contributed by atoms with Crippen molar-refractivity contribution in [2.24, 2.45) is 7.05 Å². The number of benzene rings is 2. The van der Waals surface area contributed by atoms with Gasteiger partial charge in [-0.25, -0.2) is 8.78 Å². The maximum atomic E-state index is 15.0. The Labute approximate surface area is 178 Å². The second-order valence-electron chi connectivity index (χ2n) is 8.09. The summed E-state index contributed by atoms with van der Waals surface area (Å²) in [4.78, 5) is 18.2. The van der Waals surface area contributed by atoms with E-state index in [0.29, 0.717) is 27.6 Å². The first-order valence-corrected chi connectivity index (χ1v) is 10.2. The van der Waals surface area contributed by atoms with E-state index in [0.717, 1.165) is 36.1 Å². The molecule has 2 aromatic carbocycles. The van der Waals surface area contributed by atoms with Crippen LogP contribution in [0.2, 0.25) is 0 Å². The van der Waals surface area contributed by atoms with Crippen molar-refractivity contribution in [2.75, 3.05) is 25.5 Å². The quantitative estimate of drug-likeness (QED) is 0.495. The van der Waals surface area contributed by atoms with Crippen molar-refractivity contribution in [2.45, 2.75) is 6.42 Å². The molecular formula is C24H22F2N4O. The largest absolute Gasteiger partial charge is 0.359 e. The van der Waals surface area contributed by atoms with E-state index in [1.807, 2.05) is 24.7 Å². The number of carbonyl (C=O) groups excluding carboxylic acids is 1. The molecule has 2 aromatic heterocycles. The SMILES string of the molecule is CN1CC=C(c2cc3c(cc2F)c(C(=O)Nc2c[nH]c4ccc(F)cc24)cn3C)CC1. The minimum absolute atomic E-state index is 0.335. The number of nitrogens with zero attached hydrogens (tertiary/aromatic N) is 2. The van der Waals surface area contributed by atoms with Crippen LogP contribution in [0.5, 0.6) is 0 Å². The molecule has 0 unspecified atom stereocenters. The van der Waals surface area contributed by atoms with Gasteiger partial charge in [0.15, 0.2) is 0 Å². The van der Waals surface area contributed by atoms with Crippen LogP contribution in [0.15, 0.2) is 48.8 Å². The number of aryl methyl sites for hydroxylation is 1. The number of fused-ring (bicyclic) bond motifs is 2. The van der Waals surface area contributed by atoms with Crippen molar-refractivity contribution in [1.29, 1.82) is 0 Å². The Kier molecular flexibility index (Phi) is 4.63. The van der Waals surface area contributed by atoms with Gasteiger partial charge < -0.3 is 19.8 Å². The van der Waals surface area contributed by atoms with Gasteiger partial charge in [0.1, 0.15) is 11.6 Å². The molecule has 0 saturated heterocycles. The van der Waals surface area contributed by atoms with Crippen LogP contribution in [-0.4, -0.2) is 40.5 Å². The molecule has 5 nitrogen and oxygen atoms in total. The molecule has 3 heterocycles. The molecule has 0 radical (unpaired) electrons. The third-order valence-corrected chi connectivity index (χ3v) is 5.97. The number of rotatable bonds is 3. The molecule has 0 saturated carbocycles. The maximum absolute atomic E-state index is 15.0. The second-order valence-corrected chi connectivity index (χ2v) is 8.09. The lowest BCUT2D eigenvalue weighted by atomic mass is 9.97. The highest BCUT2D eigenvalue weighted by atomic mass is 19.1. The Morgan fingerprint density at radius 3 is 2.74 bits per heavy atom. The lowest BCUT2D eigenvalue weighted by Crippen LogP contribution is -2.23. The Morgan fingerprint density at radius 2 is 1.97 bits per heavy atom. The van der Waals surface area contributed by atoms with Crippen molar-refractivity contribution in [1.82, 2.24) is 14.5 Å². The molecule has 158 valence electrons. The normalized spacial score (nSPS) is 14.9. The number of likely N-dealkylation sites (N-methyl/N-ethyl adjacent to an activating group) is 1. The highest BCUT2D eigenvalue weighted by molar-refractivity contribution is 6.15. The zero-order valence-corrected chi connectivity index (χ0v) is 17.3. The van der Waals surface area contributed by atoms with E-state index in [-0.39, 0.29) is 17.5 Å². The number of hydrogen-bond donors (Lipinski definition) is 2. The van der Waals surface area contributed by atoms with Crippen LogP contribution in [-0.2, 0) is 7.05 Å². The smallest absolute Gasteiger partial charge is 0.257 e. The summed E-state index contributed by atoms with van der Waals surface area (Å²) in [6.07, 6.45) is 6.16. The Morgan fingerprint density at radius 1 is 1.13 bits per heavy atom. The summed E-state index contributed by atoms with van der Waals surface area (Å²) >= 11 is 0. The van der Waals surface area contributed by atoms with E-state index < -0.39 is 0 Å². The zero-order valence-electron chi connectivity index (χ0n) is 17.3. The van der Waals surface area contributed by atoms with E-state index in [4.69, 9.17) is 0 Å². The molecule has 0 bridgehead atoms. The number of hydrogen-bond acceptors (Lipinski definition) is 2. The second kappa shape index (κ2) is 7.35. The van der Waals surface area contributed by atoms with Crippen LogP contribution in [0, 0.1) is 11.6 Å². The number of aromatic nitrogens is 2. The monoisotopic (exact) mass is 420 g/mol. The fourth-order valence-corrected chi connectivity index (χ4v) is 4.23. The lowest BCUT2D eigenvalue weighted by molar-refractivity contribution is 0.102.